The first-order valence-electron chi connectivity index (χ1n) is 6.84. The van der Waals surface area contributed by atoms with Gasteiger partial charge in [0.25, 0.3) is 0 Å². The van der Waals surface area contributed by atoms with E-state index in [1.807, 2.05) is 24.3 Å². The summed E-state index contributed by atoms with van der Waals surface area (Å²) in [4.78, 5) is 7.87. The van der Waals surface area contributed by atoms with Crippen molar-refractivity contribution in [3.8, 4) is 0 Å². The molecule has 0 spiro atoms. The van der Waals surface area contributed by atoms with Gasteiger partial charge in [-0.25, -0.2) is 0 Å². The van der Waals surface area contributed by atoms with Gasteiger partial charge in [-0.1, -0.05) is 35.4 Å². The van der Waals surface area contributed by atoms with Crippen LogP contribution in [0.2, 0.25) is 0 Å². The summed E-state index contributed by atoms with van der Waals surface area (Å²) in [5.41, 5.74) is 4.73. The molecule has 21 heavy (non-hydrogen) atoms. The Bertz CT molecular complexity index is 597. The normalized spacial score (nSPS) is 9.43. The van der Waals surface area contributed by atoms with E-state index in [0.717, 1.165) is 11.4 Å². The molecule has 0 aliphatic heterocycles. The summed E-state index contributed by atoms with van der Waals surface area (Å²) in [6.07, 6.45) is 7.01. The molecule has 0 bridgehead atoms. The quantitative estimate of drug-likeness (QED) is 0.748. The number of aromatic nitrogens is 2. The van der Waals surface area contributed by atoms with Crippen LogP contribution in [-0.2, 0) is 0 Å². The fourth-order valence-electron chi connectivity index (χ4n) is 1.84. The Labute approximate surface area is 125 Å². The highest BCUT2D eigenvalue weighted by molar-refractivity contribution is 5.57. The summed E-state index contributed by atoms with van der Waals surface area (Å²) >= 11 is 0. The van der Waals surface area contributed by atoms with Crippen LogP contribution in [0.1, 0.15) is 11.1 Å². The van der Waals surface area contributed by atoms with Gasteiger partial charge < -0.3 is 5.32 Å². The maximum absolute atomic E-state index is 3.93. The first-order chi connectivity index (χ1) is 10.2. The van der Waals surface area contributed by atoms with Gasteiger partial charge in [0.2, 0.25) is 0 Å². The molecule has 106 valence electrons. The molecular weight excluding hydrogens is 258 g/mol. The smallest absolute Gasteiger partial charge is 0.0415 e. The van der Waals surface area contributed by atoms with E-state index in [4.69, 9.17) is 0 Å². The largest absolute Gasteiger partial charge is 0.355 e. The molecule has 2 aromatic heterocycles. The lowest BCUT2D eigenvalue weighted by molar-refractivity contribution is 1.31. The number of nitrogens with zero attached hydrogens (tertiary/aromatic N) is 2. The van der Waals surface area contributed by atoms with E-state index < -0.39 is 0 Å². The Kier molecular flexibility index (Phi) is 5.47. The summed E-state index contributed by atoms with van der Waals surface area (Å²) in [6.45, 7) is 4.21. The van der Waals surface area contributed by atoms with Crippen LogP contribution in [0.25, 0.3) is 0 Å². The Morgan fingerprint density at radius 3 is 1.43 bits per heavy atom. The second-order valence-electron chi connectivity index (χ2n) is 4.75. The minimum atomic E-state index is 1.03. The molecule has 3 aromatic rings. The number of hydrogen-bond acceptors (Lipinski definition) is 3. The average molecular weight is 277 g/mol. The highest BCUT2D eigenvalue weighted by Gasteiger charge is 1.90. The van der Waals surface area contributed by atoms with Gasteiger partial charge >= 0.3 is 0 Å². The van der Waals surface area contributed by atoms with Crippen molar-refractivity contribution in [2.24, 2.45) is 0 Å². The van der Waals surface area contributed by atoms with E-state index in [-0.39, 0.29) is 0 Å². The predicted molar refractivity (Wildman–Crippen MR) is 87.7 cm³/mol. The van der Waals surface area contributed by atoms with Crippen molar-refractivity contribution >= 4 is 11.4 Å². The maximum Gasteiger partial charge on any atom is 0.0415 e. The van der Waals surface area contributed by atoms with Gasteiger partial charge in [0.05, 0.1) is 0 Å². The molecule has 1 N–H and O–H groups in total. The van der Waals surface area contributed by atoms with Crippen molar-refractivity contribution < 1.29 is 0 Å². The molecule has 0 radical (unpaired) electrons. The van der Waals surface area contributed by atoms with Gasteiger partial charge in [0, 0.05) is 36.2 Å². The number of pyridine rings is 2. The van der Waals surface area contributed by atoms with Crippen LogP contribution in [0.15, 0.2) is 73.3 Å². The molecule has 3 rings (SSSR count). The molecule has 3 nitrogen and oxygen atoms in total. The zero-order valence-corrected chi connectivity index (χ0v) is 12.3. The number of anilines is 2. The minimum absolute atomic E-state index is 1.03. The first-order valence-corrected chi connectivity index (χ1v) is 6.84. The maximum atomic E-state index is 3.93. The van der Waals surface area contributed by atoms with E-state index >= 15 is 0 Å². The van der Waals surface area contributed by atoms with Crippen molar-refractivity contribution in [2.45, 2.75) is 13.8 Å². The monoisotopic (exact) mass is 277 g/mol. The van der Waals surface area contributed by atoms with E-state index in [0.29, 0.717) is 0 Å². The van der Waals surface area contributed by atoms with E-state index in [2.05, 4.69) is 53.4 Å². The molecule has 0 saturated carbocycles. The Morgan fingerprint density at radius 2 is 1.10 bits per heavy atom. The van der Waals surface area contributed by atoms with Gasteiger partial charge in [-0.15, -0.1) is 0 Å². The lowest BCUT2D eigenvalue weighted by atomic mass is 10.2. The third kappa shape index (κ3) is 5.45. The van der Waals surface area contributed by atoms with Gasteiger partial charge in [-0.2, -0.15) is 0 Å². The lowest BCUT2D eigenvalue weighted by Gasteiger charge is -2.03. The molecule has 3 heteroatoms. The van der Waals surface area contributed by atoms with Crippen molar-refractivity contribution in [1.82, 2.24) is 9.97 Å². The molecule has 0 saturated heterocycles. The molecule has 0 aliphatic rings. The van der Waals surface area contributed by atoms with Gasteiger partial charge in [0.15, 0.2) is 0 Å². The zero-order chi connectivity index (χ0) is 14.9. The number of rotatable bonds is 2. The lowest BCUT2D eigenvalue weighted by Crippen LogP contribution is -1.89. The summed E-state index contributed by atoms with van der Waals surface area (Å²) < 4.78 is 0. The molecule has 0 atom stereocenters. The molecule has 0 aliphatic carbocycles. The fourth-order valence-corrected chi connectivity index (χ4v) is 1.84. The molecule has 0 fully saturated rings. The summed E-state index contributed by atoms with van der Waals surface area (Å²) in [7, 11) is 0. The van der Waals surface area contributed by atoms with Crippen molar-refractivity contribution in [3.63, 3.8) is 0 Å². The van der Waals surface area contributed by atoms with Crippen LogP contribution in [0.3, 0.4) is 0 Å². The number of nitrogens with one attached hydrogen (secondary N) is 1. The van der Waals surface area contributed by atoms with Crippen molar-refractivity contribution in [1.29, 1.82) is 0 Å². The Hall–Kier alpha value is -2.68. The van der Waals surface area contributed by atoms with Crippen molar-refractivity contribution in [2.75, 3.05) is 5.32 Å². The van der Waals surface area contributed by atoms with Crippen LogP contribution >= 0.6 is 0 Å². The Balaban J connectivity index is 0.000000173. The van der Waals surface area contributed by atoms with Gasteiger partial charge in [-0.05, 0) is 38.1 Å². The van der Waals surface area contributed by atoms with Crippen LogP contribution < -0.4 is 5.32 Å². The second-order valence-corrected chi connectivity index (χ2v) is 4.75. The first kappa shape index (κ1) is 14.7. The topological polar surface area (TPSA) is 37.8 Å². The van der Waals surface area contributed by atoms with Gasteiger partial charge in [0.1, 0.15) is 0 Å². The third-order valence-electron chi connectivity index (χ3n) is 2.82. The summed E-state index contributed by atoms with van der Waals surface area (Å²) in [5, 5.41) is 3.22. The van der Waals surface area contributed by atoms with E-state index in [1.165, 1.54) is 11.1 Å². The molecular formula is C18H19N3. The van der Waals surface area contributed by atoms with Crippen LogP contribution in [-0.4, -0.2) is 9.97 Å². The number of aryl methyl sites for hydroxylation is 2. The standard InChI is InChI=1S/C10H9N3.C8H10/c1-5-11-6-2-9(1)13-10-3-7-12-8-4-10;1-7-4-3-5-8(2)6-7/h1-8H,(H,11,12,13);3-6H,1-2H3. The molecule has 0 amide bonds. The van der Waals surface area contributed by atoms with Crippen LogP contribution in [0.5, 0.6) is 0 Å². The van der Waals surface area contributed by atoms with Crippen LogP contribution in [0.4, 0.5) is 11.4 Å². The highest BCUT2D eigenvalue weighted by atomic mass is 14.9. The van der Waals surface area contributed by atoms with E-state index in [1.54, 1.807) is 24.8 Å². The molecule has 1 aromatic carbocycles. The number of benzene rings is 1. The highest BCUT2D eigenvalue weighted by Crippen LogP contribution is 2.12. The van der Waals surface area contributed by atoms with E-state index in [9.17, 15) is 0 Å². The Morgan fingerprint density at radius 1 is 0.667 bits per heavy atom. The average Bonchev–Trinajstić information content (AvgIpc) is 2.50. The number of hydrogen-bond donors (Lipinski definition) is 1. The van der Waals surface area contributed by atoms with Crippen LogP contribution in [0, 0.1) is 13.8 Å². The SMILES string of the molecule is Cc1cccc(C)c1.c1cc(Nc2ccncc2)ccn1. The van der Waals surface area contributed by atoms with Crippen molar-refractivity contribution in [3.05, 3.63) is 84.4 Å². The summed E-state index contributed by atoms with van der Waals surface area (Å²) in [6, 6.07) is 16.1. The third-order valence-corrected chi connectivity index (χ3v) is 2.82. The summed E-state index contributed by atoms with van der Waals surface area (Å²) in [5.74, 6) is 0. The predicted octanol–water partition coefficient (Wildman–Crippen LogP) is 4.52. The fraction of sp³-hybridized carbons (Fsp3) is 0.111. The minimum Gasteiger partial charge on any atom is -0.355 e. The van der Waals surface area contributed by atoms with Gasteiger partial charge in [-0.3, -0.25) is 9.97 Å². The molecule has 2 heterocycles. The second kappa shape index (κ2) is 7.80. The zero-order valence-electron chi connectivity index (χ0n) is 12.3. The molecule has 0 unspecified atom stereocenters.